The van der Waals surface area contributed by atoms with Crippen molar-refractivity contribution in [2.45, 2.75) is 0 Å². The van der Waals surface area contributed by atoms with Crippen LogP contribution in [0.1, 0.15) is 0 Å². The summed E-state index contributed by atoms with van der Waals surface area (Å²) in [4.78, 5) is 0. The molecular formula is C7H9NO7P2. The summed E-state index contributed by atoms with van der Waals surface area (Å²) in [5.41, 5.74) is 0. The largest absolute Gasteiger partial charge is 0.555 e. The molecule has 1 aromatic rings. The monoisotopic (exact) mass is 281 g/mol. The number of benzene rings is 1. The number of hydrogen-bond acceptors (Lipinski definition) is 8. The van der Waals surface area contributed by atoms with Crippen molar-refractivity contribution < 1.29 is 31.6 Å². The topological polar surface area (TPSA) is 106 Å². The highest BCUT2D eigenvalue weighted by atomic mass is 31.3. The van der Waals surface area contributed by atoms with Crippen molar-refractivity contribution in [3.63, 3.8) is 0 Å². The summed E-state index contributed by atoms with van der Waals surface area (Å²) in [5, 5.41) is 0. The lowest BCUT2D eigenvalue weighted by Gasteiger charge is -2.26. The smallest absolute Gasteiger partial charge is 0.403 e. The van der Waals surface area contributed by atoms with Gasteiger partial charge in [-0.3, -0.25) is 9.05 Å². The van der Waals surface area contributed by atoms with Gasteiger partial charge in [-0.05, 0) is 12.1 Å². The van der Waals surface area contributed by atoms with Gasteiger partial charge >= 0.3 is 15.6 Å². The van der Waals surface area contributed by atoms with Crippen LogP contribution in [0.25, 0.3) is 0 Å². The minimum atomic E-state index is -4.24. The van der Waals surface area contributed by atoms with Crippen LogP contribution in [-0.4, -0.2) is 6.79 Å². The molecule has 0 aromatic heterocycles. The summed E-state index contributed by atoms with van der Waals surface area (Å²) in [5.74, 6) is 4.97. The molecule has 0 bridgehead atoms. The van der Waals surface area contributed by atoms with Gasteiger partial charge in [-0.25, -0.2) is 15.0 Å². The Morgan fingerprint density at radius 2 is 1.94 bits per heavy atom. The quantitative estimate of drug-likeness (QED) is 0.646. The molecule has 17 heavy (non-hydrogen) atoms. The second-order valence-corrected chi connectivity index (χ2v) is 6.21. The molecule has 10 heteroatoms. The summed E-state index contributed by atoms with van der Waals surface area (Å²) in [7, 11) is -8.11. The van der Waals surface area contributed by atoms with E-state index in [1.165, 1.54) is 12.1 Å². The van der Waals surface area contributed by atoms with E-state index < -0.39 is 15.6 Å². The van der Waals surface area contributed by atoms with Gasteiger partial charge in [-0.1, -0.05) is 18.2 Å². The molecule has 1 atom stereocenters. The number of para-hydroxylation sites is 1. The van der Waals surface area contributed by atoms with E-state index in [4.69, 9.17) is 10.4 Å². The maximum absolute atomic E-state index is 11.8. The minimum absolute atomic E-state index is 0.174. The Bertz CT molecular complexity index is 470. The Balaban J connectivity index is 2.09. The minimum Gasteiger partial charge on any atom is -0.403 e. The van der Waals surface area contributed by atoms with E-state index in [-0.39, 0.29) is 12.5 Å². The lowest BCUT2D eigenvalue weighted by atomic mass is 10.3. The zero-order chi connectivity index (χ0) is 12.4. The Labute approximate surface area is 96.8 Å². The second kappa shape index (κ2) is 4.88. The summed E-state index contributed by atoms with van der Waals surface area (Å²) in [6.45, 7) is -0.215. The highest BCUT2D eigenvalue weighted by Crippen LogP contribution is 2.68. The molecule has 0 aliphatic carbocycles. The predicted molar refractivity (Wildman–Crippen MR) is 55.7 cm³/mol. The van der Waals surface area contributed by atoms with Crippen LogP contribution in [0.15, 0.2) is 30.3 Å². The number of phosphoric acid groups is 2. The molecule has 2 rings (SSSR count). The van der Waals surface area contributed by atoms with E-state index in [2.05, 4.69) is 18.0 Å². The third-order valence-corrected chi connectivity index (χ3v) is 4.85. The Morgan fingerprint density at radius 3 is 2.41 bits per heavy atom. The first-order valence-corrected chi connectivity index (χ1v) is 7.31. The zero-order valence-corrected chi connectivity index (χ0v) is 10.2. The Hall–Kier alpha value is -0.720. The van der Waals surface area contributed by atoms with Gasteiger partial charge in [0.15, 0.2) is 6.79 Å². The number of hydrogen-bond donors (Lipinski definition) is 1. The fourth-order valence-electron chi connectivity index (χ4n) is 0.976. The summed E-state index contributed by atoms with van der Waals surface area (Å²) in [6, 6.07) is 7.98. The van der Waals surface area contributed by atoms with E-state index in [0.717, 1.165) is 0 Å². The molecule has 1 aliphatic heterocycles. The number of rotatable bonds is 5. The van der Waals surface area contributed by atoms with Crippen LogP contribution in [0.5, 0.6) is 5.75 Å². The normalized spacial score (nSPS) is 21.2. The van der Waals surface area contributed by atoms with Crippen molar-refractivity contribution in [2.24, 2.45) is 5.90 Å². The predicted octanol–water partition coefficient (Wildman–Crippen LogP) is 2.19. The number of phosphoric ester groups is 1. The fourth-order valence-corrected chi connectivity index (χ4v) is 3.32. The molecule has 0 amide bonds. The van der Waals surface area contributed by atoms with Crippen LogP contribution in [0.2, 0.25) is 0 Å². The molecule has 1 heterocycles. The van der Waals surface area contributed by atoms with E-state index in [0.29, 0.717) is 0 Å². The standard InChI is InChI=1S/C7H9NO7P2/c8-14-17(10,15-16(9)11-6-12-16)13-7-4-2-1-3-5-7/h1-5H,6,8H2. The lowest BCUT2D eigenvalue weighted by molar-refractivity contribution is -0.0270. The van der Waals surface area contributed by atoms with Gasteiger partial charge in [-0.2, -0.15) is 8.94 Å². The van der Waals surface area contributed by atoms with Crippen molar-refractivity contribution in [1.29, 1.82) is 0 Å². The average molecular weight is 281 g/mol. The molecule has 1 aromatic carbocycles. The van der Waals surface area contributed by atoms with Gasteiger partial charge in [0, 0.05) is 0 Å². The molecule has 0 saturated carbocycles. The molecule has 8 nitrogen and oxygen atoms in total. The van der Waals surface area contributed by atoms with Crippen LogP contribution in [0, 0.1) is 0 Å². The van der Waals surface area contributed by atoms with Gasteiger partial charge in [0.05, 0.1) is 0 Å². The van der Waals surface area contributed by atoms with Crippen LogP contribution < -0.4 is 10.4 Å². The van der Waals surface area contributed by atoms with Gasteiger partial charge in [0.25, 0.3) is 0 Å². The molecule has 94 valence electrons. The molecule has 1 fully saturated rings. The Morgan fingerprint density at radius 1 is 1.29 bits per heavy atom. The van der Waals surface area contributed by atoms with Gasteiger partial charge in [0.2, 0.25) is 0 Å². The van der Waals surface area contributed by atoms with E-state index >= 15 is 0 Å². The van der Waals surface area contributed by atoms with Crippen molar-refractivity contribution >= 4 is 15.6 Å². The summed E-state index contributed by atoms with van der Waals surface area (Å²) >= 11 is 0. The Kier molecular flexibility index (Phi) is 3.65. The van der Waals surface area contributed by atoms with Gasteiger partial charge < -0.3 is 4.52 Å². The fraction of sp³-hybridized carbons (Fsp3) is 0.143. The second-order valence-electron chi connectivity index (χ2n) is 2.86. The van der Waals surface area contributed by atoms with Gasteiger partial charge in [-0.15, -0.1) is 0 Å². The molecule has 2 N–H and O–H groups in total. The van der Waals surface area contributed by atoms with Crippen molar-refractivity contribution in [3.8, 4) is 5.75 Å². The SMILES string of the molecule is NOP(=O)(Oc1ccccc1)OP1(=O)OCO1. The third kappa shape index (κ3) is 3.14. The lowest BCUT2D eigenvalue weighted by Crippen LogP contribution is -2.14. The summed E-state index contributed by atoms with van der Waals surface area (Å²) < 4.78 is 45.6. The van der Waals surface area contributed by atoms with Crippen LogP contribution >= 0.6 is 15.6 Å². The van der Waals surface area contributed by atoms with Crippen molar-refractivity contribution in [2.75, 3.05) is 6.79 Å². The number of nitrogens with two attached hydrogens (primary N) is 1. The first-order valence-electron chi connectivity index (χ1n) is 4.39. The highest BCUT2D eigenvalue weighted by Gasteiger charge is 2.46. The molecule has 1 saturated heterocycles. The summed E-state index contributed by atoms with van der Waals surface area (Å²) in [6.07, 6.45) is 0. The maximum Gasteiger partial charge on any atom is 0.555 e. The van der Waals surface area contributed by atoms with Crippen LogP contribution in [-0.2, 0) is 27.1 Å². The van der Waals surface area contributed by atoms with Crippen LogP contribution in [0.3, 0.4) is 0 Å². The van der Waals surface area contributed by atoms with E-state index in [1.54, 1.807) is 18.2 Å². The van der Waals surface area contributed by atoms with Crippen molar-refractivity contribution in [3.05, 3.63) is 30.3 Å². The highest BCUT2D eigenvalue weighted by molar-refractivity contribution is 7.62. The van der Waals surface area contributed by atoms with Crippen molar-refractivity contribution in [1.82, 2.24) is 0 Å². The third-order valence-electron chi connectivity index (χ3n) is 1.71. The van der Waals surface area contributed by atoms with E-state index in [1.807, 2.05) is 0 Å². The zero-order valence-electron chi connectivity index (χ0n) is 8.42. The molecule has 0 spiro atoms. The molecular weight excluding hydrogens is 272 g/mol. The molecule has 1 unspecified atom stereocenters. The van der Waals surface area contributed by atoms with Crippen LogP contribution in [0.4, 0.5) is 0 Å². The first kappa shape index (κ1) is 12.7. The molecule has 0 radical (unpaired) electrons. The maximum atomic E-state index is 11.8. The average Bonchev–Trinajstić information content (AvgIpc) is 2.28. The van der Waals surface area contributed by atoms with Gasteiger partial charge in [0.1, 0.15) is 5.75 Å². The van der Waals surface area contributed by atoms with E-state index in [9.17, 15) is 9.13 Å². The first-order chi connectivity index (χ1) is 8.05. The molecule has 1 aliphatic rings.